The molecular formula is C24H21ClIN5OS. The smallest absolute Gasteiger partial charge is 0.257 e. The fourth-order valence-corrected chi connectivity index (χ4v) is 4.24. The van der Waals surface area contributed by atoms with Crippen LogP contribution in [0.1, 0.15) is 35.7 Å². The van der Waals surface area contributed by atoms with Gasteiger partial charge in [0.1, 0.15) is 11.0 Å². The molecular weight excluding hydrogens is 569 g/mol. The first-order valence-electron chi connectivity index (χ1n) is 10.5. The minimum atomic E-state index is -0.295. The Morgan fingerprint density at radius 1 is 1.09 bits per heavy atom. The van der Waals surface area contributed by atoms with Crippen molar-refractivity contribution in [3.8, 4) is 5.69 Å². The van der Waals surface area contributed by atoms with Gasteiger partial charge in [-0.2, -0.15) is 4.80 Å². The van der Waals surface area contributed by atoms with E-state index in [1.165, 1.54) is 18.4 Å². The first-order chi connectivity index (χ1) is 15.9. The molecule has 1 heterocycles. The Balaban J connectivity index is 1.49. The number of anilines is 1. The molecule has 0 bridgehead atoms. The molecule has 33 heavy (non-hydrogen) atoms. The number of fused-ring (bicyclic) bond motifs is 1. The first-order valence-corrected chi connectivity index (χ1v) is 12.3. The second-order valence-corrected chi connectivity index (χ2v) is 9.56. The lowest BCUT2D eigenvalue weighted by Crippen LogP contribution is -2.34. The van der Waals surface area contributed by atoms with E-state index < -0.39 is 0 Å². The molecule has 1 amide bonds. The van der Waals surface area contributed by atoms with Crippen LogP contribution in [0.4, 0.5) is 5.69 Å². The van der Waals surface area contributed by atoms with Gasteiger partial charge in [0.25, 0.3) is 5.91 Å². The van der Waals surface area contributed by atoms with Crippen molar-refractivity contribution < 1.29 is 4.79 Å². The van der Waals surface area contributed by atoms with E-state index in [2.05, 4.69) is 62.5 Å². The minimum absolute atomic E-state index is 0.148. The molecule has 0 unspecified atom stereocenters. The second-order valence-electron chi connectivity index (χ2n) is 7.50. The SMILES string of the molecule is CCCCc1ccc(-n2nc3cc(Cl)c(NC(=S)NC(=O)c4cccc(I)c4)cc3n2)cc1. The molecule has 0 spiro atoms. The van der Waals surface area contributed by atoms with Gasteiger partial charge in [-0.05, 0) is 95.7 Å². The number of aromatic nitrogens is 3. The minimum Gasteiger partial charge on any atom is -0.331 e. The molecule has 0 aliphatic carbocycles. The van der Waals surface area contributed by atoms with Crippen molar-refractivity contribution in [3.63, 3.8) is 0 Å². The van der Waals surface area contributed by atoms with Crippen LogP contribution in [0.15, 0.2) is 60.7 Å². The molecule has 6 nitrogen and oxygen atoms in total. The number of carbonyl (C=O) groups excluding carboxylic acids is 1. The van der Waals surface area contributed by atoms with Crippen molar-refractivity contribution in [2.45, 2.75) is 26.2 Å². The highest BCUT2D eigenvalue weighted by atomic mass is 127. The number of nitrogens with zero attached hydrogens (tertiary/aromatic N) is 3. The maximum Gasteiger partial charge on any atom is 0.257 e. The van der Waals surface area contributed by atoms with E-state index in [1.807, 2.05) is 24.3 Å². The van der Waals surface area contributed by atoms with E-state index in [1.54, 1.807) is 29.1 Å². The monoisotopic (exact) mass is 589 g/mol. The van der Waals surface area contributed by atoms with Gasteiger partial charge in [0, 0.05) is 9.13 Å². The van der Waals surface area contributed by atoms with Crippen LogP contribution in [0.2, 0.25) is 5.02 Å². The fraction of sp³-hybridized carbons (Fsp3) is 0.167. The lowest BCUT2D eigenvalue weighted by molar-refractivity contribution is 0.0977. The zero-order valence-corrected chi connectivity index (χ0v) is 21.5. The summed E-state index contributed by atoms with van der Waals surface area (Å²) in [6.45, 7) is 2.19. The van der Waals surface area contributed by atoms with Crippen LogP contribution in [0.25, 0.3) is 16.7 Å². The predicted octanol–water partition coefficient (Wildman–Crippen LogP) is 6.15. The third-order valence-electron chi connectivity index (χ3n) is 5.02. The number of nitrogens with one attached hydrogen (secondary N) is 2. The molecule has 168 valence electrons. The molecule has 0 radical (unpaired) electrons. The second kappa shape index (κ2) is 10.6. The third-order valence-corrected chi connectivity index (χ3v) is 6.21. The summed E-state index contributed by atoms with van der Waals surface area (Å²) in [5.41, 5.74) is 4.55. The number of thiocarbonyl (C=S) groups is 1. The Hall–Kier alpha value is -2.56. The Labute approximate surface area is 215 Å². The summed E-state index contributed by atoms with van der Waals surface area (Å²) in [4.78, 5) is 14.0. The standard InChI is InChI=1S/C24H21ClIN5OS/c1-2-3-5-15-8-10-18(11-9-15)31-29-21-13-19(25)20(14-22(21)30-31)27-24(33)28-23(32)16-6-4-7-17(26)12-16/h4,6-14H,2-3,5H2,1H3,(H2,27,28,32,33). The lowest BCUT2D eigenvalue weighted by Gasteiger charge is -2.11. The van der Waals surface area contributed by atoms with Gasteiger partial charge in [-0.1, -0.05) is 43.1 Å². The number of hydrogen-bond acceptors (Lipinski definition) is 4. The molecule has 0 aliphatic heterocycles. The molecule has 0 saturated carbocycles. The zero-order chi connectivity index (χ0) is 23.4. The molecule has 4 rings (SSSR count). The van der Waals surface area contributed by atoms with Crippen molar-refractivity contribution in [3.05, 3.63) is 80.4 Å². The Morgan fingerprint density at radius 3 is 2.52 bits per heavy atom. The third kappa shape index (κ3) is 5.87. The van der Waals surface area contributed by atoms with Crippen LogP contribution in [0, 0.1) is 3.57 Å². The Kier molecular flexibility index (Phi) is 7.56. The average molecular weight is 590 g/mol. The van der Waals surface area contributed by atoms with Crippen molar-refractivity contribution in [1.82, 2.24) is 20.3 Å². The number of benzene rings is 3. The maximum atomic E-state index is 12.4. The highest BCUT2D eigenvalue weighted by Crippen LogP contribution is 2.27. The van der Waals surface area contributed by atoms with Gasteiger partial charge in [0.05, 0.1) is 16.4 Å². The van der Waals surface area contributed by atoms with E-state index in [-0.39, 0.29) is 11.0 Å². The molecule has 9 heteroatoms. The van der Waals surface area contributed by atoms with Crippen LogP contribution in [0.3, 0.4) is 0 Å². The molecule has 4 aromatic rings. The summed E-state index contributed by atoms with van der Waals surface area (Å²) in [6.07, 6.45) is 3.41. The fourth-order valence-electron chi connectivity index (χ4n) is 3.28. The van der Waals surface area contributed by atoms with Crippen molar-refractivity contribution in [2.75, 3.05) is 5.32 Å². The van der Waals surface area contributed by atoms with Gasteiger partial charge in [-0.25, -0.2) is 0 Å². The molecule has 0 aliphatic rings. The van der Waals surface area contributed by atoms with Gasteiger partial charge in [0.15, 0.2) is 5.11 Å². The van der Waals surface area contributed by atoms with Crippen molar-refractivity contribution in [2.24, 2.45) is 0 Å². The molecule has 3 aromatic carbocycles. The topological polar surface area (TPSA) is 71.8 Å². The van der Waals surface area contributed by atoms with Gasteiger partial charge in [-0.15, -0.1) is 10.2 Å². The summed E-state index contributed by atoms with van der Waals surface area (Å²) in [7, 11) is 0. The number of rotatable bonds is 6. The number of aryl methyl sites for hydroxylation is 1. The average Bonchev–Trinajstić information content (AvgIpc) is 3.20. The van der Waals surface area contributed by atoms with Crippen molar-refractivity contribution >= 4 is 74.2 Å². The van der Waals surface area contributed by atoms with Crippen LogP contribution < -0.4 is 10.6 Å². The van der Waals surface area contributed by atoms with Crippen LogP contribution >= 0.6 is 46.4 Å². The largest absolute Gasteiger partial charge is 0.331 e. The normalized spacial score (nSPS) is 10.9. The molecule has 0 saturated heterocycles. The predicted molar refractivity (Wildman–Crippen MR) is 145 cm³/mol. The van der Waals surface area contributed by atoms with Gasteiger partial charge in [-0.3, -0.25) is 10.1 Å². The molecule has 0 fully saturated rings. The van der Waals surface area contributed by atoms with Gasteiger partial charge >= 0.3 is 0 Å². The molecule has 0 atom stereocenters. The quantitative estimate of drug-likeness (QED) is 0.209. The number of unbranched alkanes of at least 4 members (excludes halogenated alkanes) is 1. The van der Waals surface area contributed by atoms with Gasteiger partial charge < -0.3 is 5.32 Å². The van der Waals surface area contributed by atoms with Gasteiger partial charge in [0.2, 0.25) is 0 Å². The summed E-state index contributed by atoms with van der Waals surface area (Å²) < 4.78 is 0.964. The summed E-state index contributed by atoms with van der Waals surface area (Å²) in [5, 5.41) is 15.4. The van der Waals surface area contributed by atoms with Crippen LogP contribution in [-0.4, -0.2) is 26.0 Å². The number of amides is 1. The lowest BCUT2D eigenvalue weighted by atomic mass is 10.1. The Morgan fingerprint density at radius 2 is 1.82 bits per heavy atom. The van der Waals surface area contributed by atoms with E-state index in [9.17, 15) is 4.79 Å². The summed E-state index contributed by atoms with van der Waals surface area (Å²) in [5.74, 6) is -0.295. The van der Waals surface area contributed by atoms with E-state index >= 15 is 0 Å². The molecule has 1 aromatic heterocycles. The molecule has 2 N–H and O–H groups in total. The zero-order valence-electron chi connectivity index (χ0n) is 17.8. The van der Waals surface area contributed by atoms with Crippen LogP contribution in [-0.2, 0) is 6.42 Å². The highest BCUT2D eigenvalue weighted by Gasteiger charge is 2.13. The summed E-state index contributed by atoms with van der Waals surface area (Å²) in [6, 6.07) is 19.0. The maximum absolute atomic E-state index is 12.4. The van der Waals surface area contributed by atoms with E-state index in [4.69, 9.17) is 23.8 Å². The van der Waals surface area contributed by atoms with E-state index in [0.29, 0.717) is 27.3 Å². The number of carbonyl (C=O) groups is 1. The first kappa shape index (κ1) is 23.6. The van der Waals surface area contributed by atoms with E-state index in [0.717, 1.165) is 15.7 Å². The summed E-state index contributed by atoms with van der Waals surface area (Å²) >= 11 is 13.9. The van der Waals surface area contributed by atoms with Crippen LogP contribution in [0.5, 0.6) is 0 Å². The number of hydrogen-bond donors (Lipinski definition) is 2. The van der Waals surface area contributed by atoms with Crippen molar-refractivity contribution in [1.29, 1.82) is 0 Å². The number of halogens is 2. The Bertz CT molecular complexity index is 1320. The highest BCUT2D eigenvalue weighted by molar-refractivity contribution is 14.1.